The number of hydrogen-bond donors (Lipinski definition) is 0. The first-order valence-corrected chi connectivity index (χ1v) is 5.07. The number of rotatable bonds is 3. The second-order valence-electron chi connectivity index (χ2n) is 3.19. The van der Waals surface area contributed by atoms with Crippen molar-refractivity contribution in [1.82, 2.24) is 9.97 Å². The van der Waals surface area contributed by atoms with Gasteiger partial charge in [0.1, 0.15) is 17.6 Å². The molecule has 0 N–H and O–H groups in total. The maximum absolute atomic E-state index is 13.2. The maximum atomic E-state index is 13.2. The van der Waals surface area contributed by atoms with Gasteiger partial charge in [-0.25, -0.2) is 13.8 Å². The minimum absolute atomic E-state index is 0.00938. The van der Waals surface area contributed by atoms with Crippen molar-refractivity contribution in [2.24, 2.45) is 0 Å². The number of halogens is 3. The third-order valence-electron chi connectivity index (χ3n) is 1.94. The highest BCUT2D eigenvalue weighted by Crippen LogP contribution is 2.18. The van der Waals surface area contributed by atoms with E-state index in [4.69, 9.17) is 16.3 Å². The predicted molar refractivity (Wildman–Crippen MR) is 57.7 cm³/mol. The highest BCUT2D eigenvalue weighted by Gasteiger charge is 2.05. The predicted octanol–water partition coefficient (Wildman–Crippen LogP) is 2.99. The average molecular weight is 257 g/mol. The molecule has 0 amide bonds. The summed E-state index contributed by atoms with van der Waals surface area (Å²) in [6.45, 7) is -0.00938. The van der Waals surface area contributed by atoms with Crippen molar-refractivity contribution in [3.8, 4) is 5.75 Å². The lowest BCUT2D eigenvalue weighted by atomic mass is 10.3. The molecule has 3 nitrogen and oxygen atoms in total. The molecule has 0 spiro atoms. The number of hydrogen-bond acceptors (Lipinski definition) is 3. The van der Waals surface area contributed by atoms with Crippen molar-refractivity contribution < 1.29 is 13.5 Å². The molecule has 1 heterocycles. The third kappa shape index (κ3) is 3.10. The molecular weight excluding hydrogens is 250 g/mol. The molecule has 0 atom stereocenters. The number of benzene rings is 1. The van der Waals surface area contributed by atoms with Crippen molar-refractivity contribution in [2.75, 3.05) is 0 Å². The minimum Gasteiger partial charge on any atom is -0.484 e. The molecule has 6 heteroatoms. The molecule has 88 valence electrons. The molecule has 0 saturated heterocycles. The molecule has 2 rings (SSSR count). The molecule has 0 unspecified atom stereocenters. The van der Waals surface area contributed by atoms with Crippen LogP contribution in [0.25, 0.3) is 0 Å². The van der Waals surface area contributed by atoms with Crippen LogP contribution < -0.4 is 4.74 Å². The van der Waals surface area contributed by atoms with Gasteiger partial charge >= 0.3 is 0 Å². The fourth-order valence-electron chi connectivity index (χ4n) is 1.15. The second-order valence-corrected chi connectivity index (χ2v) is 3.58. The molecule has 0 fully saturated rings. The van der Waals surface area contributed by atoms with Crippen molar-refractivity contribution in [3.05, 3.63) is 53.1 Å². The summed E-state index contributed by atoms with van der Waals surface area (Å²) in [6.07, 6.45) is 2.75. The van der Waals surface area contributed by atoms with Gasteiger partial charge in [-0.2, -0.15) is 0 Å². The Morgan fingerprint density at radius 3 is 2.71 bits per heavy atom. The Labute approximate surface area is 101 Å². The van der Waals surface area contributed by atoms with Crippen LogP contribution >= 0.6 is 11.6 Å². The Balaban J connectivity index is 2.07. The molecule has 0 aliphatic heterocycles. The van der Waals surface area contributed by atoms with Crippen LogP contribution in [0.4, 0.5) is 8.78 Å². The van der Waals surface area contributed by atoms with Gasteiger partial charge in [-0.05, 0) is 12.1 Å². The summed E-state index contributed by atoms with van der Waals surface area (Å²) in [6, 6.07) is 2.99. The standard InChI is InChI=1S/C11H7ClF2N2O/c12-11-5-15-8(4-16-11)6-17-10-3-7(13)1-2-9(10)14/h1-5H,6H2. The van der Waals surface area contributed by atoms with E-state index in [2.05, 4.69) is 9.97 Å². The van der Waals surface area contributed by atoms with Crippen LogP contribution in [0.3, 0.4) is 0 Å². The Bertz CT molecular complexity index is 519. The first-order valence-electron chi connectivity index (χ1n) is 4.69. The fourth-order valence-corrected chi connectivity index (χ4v) is 1.25. The van der Waals surface area contributed by atoms with E-state index in [1.807, 2.05) is 0 Å². The molecule has 1 aromatic heterocycles. The van der Waals surface area contributed by atoms with Crippen LogP contribution in [0.2, 0.25) is 5.15 Å². The van der Waals surface area contributed by atoms with Crippen LogP contribution in [0, 0.1) is 11.6 Å². The van der Waals surface area contributed by atoms with E-state index in [0.717, 1.165) is 18.2 Å². The second kappa shape index (κ2) is 5.05. The maximum Gasteiger partial charge on any atom is 0.165 e. The largest absolute Gasteiger partial charge is 0.484 e. The smallest absolute Gasteiger partial charge is 0.165 e. The summed E-state index contributed by atoms with van der Waals surface area (Å²) >= 11 is 5.55. The van der Waals surface area contributed by atoms with Crippen LogP contribution in [0.15, 0.2) is 30.6 Å². The summed E-state index contributed by atoms with van der Waals surface area (Å²) < 4.78 is 31.1. The van der Waals surface area contributed by atoms with Gasteiger partial charge in [0.15, 0.2) is 11.6 Å². The Morgan fingerprint density at radius 1 is 1.18 bits per heavy atom. The first kappa shape index (κ1) is 11.7. The lowest BCUT2D eigenvalue weighted by Crippen LogP contribution is -2.00. The highest BCUT2D eigenvalue weighted by atomic mass is 35.5. The van der Waals surface area contributed by atoms with Gasteiger partial charge in [0.25, 0.3) is 0 Å². The third-order valence-corrected chi connectivity index (χ3v) is 2.14. The van der Waals surface area contributed by atoms with Crippen molar-refractivity contribution in [3.63, 3.8) is 0 Å². The molecule has 17 heavy (non-hydrogen) atoms. The molecule has 1 aromatic carbocycles. The molecule has 0 bridgehead atoms. The summed E-state index contributed by atoms with van der Waals surface area (Å²) in [7, 11) is 0. The van der Waals surface area contributed by atoms with Gasteiger partial charge in [-0.3, -0.25) is 4.98 Å². The normalized spacial score (nSPS) is 10.3. The van der Waals surface area contributed by atoms with E-state index >= 15 is 0 Å². The van der Waals surface area contributed by atoms with Crippen molar-refractivity contribution in [1.29, 1.82) is 0 Å². The molecular formula is C11H7ClF2N2O. The SMILES string of the molecule is Fc1ccc(F)c(OCc2cnc(Cl)cn2)c1. The quantitative estimate of drug-likeness (QED) is 0.847. The van der Waals surface area contributed by atoms with E-state index in [-0.39, 0.29) is 17.5 Å². The van der Waals surface area contributed by atoms with Crippen LogP contribution in [-0.2, 0) is 6.61 Å². The van der Waals surface area contributed by atoms with Gasteiger partial charge in [0.2, 0.25) is 0 Å². The zero-order chi connectivity index (χ0) is 12.3. The number of aromatic nitrogens is 2. The lowest BCUT2D eigenvalue weighted by molar-refractivity contribution is 0.283. The van der Waals surface area contributed by atoms with Gasteiger partial charge in [-0.15, -0.1) is 0 Å². The summed E-state index contributed by atoms with van der Waals surface area (Å²) in [5, 5.41) is 0.255. The summed E-state index contributed by atoms with van der Waals surface area (Å²) in [5.74, 6) is -1.36. The average Bonchev–Trinajstić information content (AvgIpc) is 2.32. The summed E-state index contributed by atoms with van der Waals surface area (Å²) in [4.78, 5) is 7.70. The number of nitrogens with zero attached hydrogens (tertiary/aromatic N) is 2. The monoisotopic (exact) mass is 256 g/mol. The van der Waals surface area contributed by atoms with Crippen LogP contribution in [0.1, 0.15) is 5.69 Å². The molecule has 0 aliphatic rings. The molecule has 0 aliphatic carbocycles. The number of ether oxygens (including phenoxy) is 1. The Kier molecular flexibility index (Phi) is 3.49. The first-order chi connectivity index (χ1) is 8.15. The zero-order valence-corrected chi connectivity index (χ0v) is 9.29. The highest BCUT2D eigenvalue weighted by molar-refractivity contribution is 6.29. The van der Waals surface area contributed by atoms with Gasteiger partial charge in [-0.1, -0.05) is 11.6 Å². The molecule has 0 radical (unpaired) electrons. The minimum atomic E-state index is -0.631. The van der Waals surface area contributed by atoms with Crippen LogP contribution in [0.5, 0.6) is 5.75 Å². The zero-order valence-electron chi connectivity index (χ0n) is 8.53. The van der Waals surface area contributed by atoms with E-state index in [1.165, 1.54) is 12.4 Å². The van der Waals surface area contributed by atoms with Gasteiger partial charge in [0.05, 0.1) is 18.1 Å². The molecule has 2 aromatic rings. The Morgan fingerprint density at radius 2 is 2.00 bits per heavy atom. The molecule has 0 saturated carbocycles. The topological polar surface area (TPSA) is 35.0 Å². The summed E-state index contributed by atoms with van der Waals surface area (Å²) in [5.41, 5.74) is 0.470. The van der Waals surface area contributed by atoms with Crippen molar-refractivity contribution >= 4 is 11.6 Å². The van der Waals surface area contributed by atoms with Crippen LogP contribution in [-0.4, -0.2) is 9.97 Å². The van der Waals surface area contributed by atoms with E-state index in [1.54, 1.807) is 0 Å². The van der Waals surface area contributed by atoms with E-state index in [0.29, 0.717) is 5.69 Å². The van der Waals surface area contributed by atoms with Crippen molar-refractivity contribution in [2.45, 2.75) is 6.61 Å². The van der Waals surface area contributed by atoms with Gasteiger partial charge in [0, 0.05) is 6.07 Å². The van der Waals surface area contributed by atoms with Gasteiger partial charge < -0.3 is 4.74 Å². The fraction of sp³-hybridized carbons (Fsp3) is 0.0909. The van der Waals surface area contributed by atoms with E-state index in [9.17, 15) is 8.78 Å². The lowest BCUT2D eigenvalue weighted by Gasteiger charge is -2.06. The van der Waals surface area contributed by atoms with E-state index < -0.39 is 11.6 Å². The Hall–Kier alpha value is -1.75.